The summed E-state index contributed by atoms with van der Waals surface area (Å²) in [6.07, 6.45) is 10.1. The molecular formula is C11H22O2S. The van der Waals surface area contributed by atoms with Crippen LogP contribution in [0.3, 0.4) is 0 Å². The summed E-state index contributed by atoms with van der Waals surface area (Å²) in [5.74, 6) is -0.661. The zero-order valence-corrected chi connectivity index (χ0v) is 10.1. The Morgan fingerprint density at radius 2 is 1.79 bits per heavy atom. The lowest BCUT2D eigenvalue weighted by Gasteiger charge is -2.08. The fourth-order valence-electron chi connectivity index (χ4n) is 1.45. The first-order chi connectivity index (χ1) is 6.72. The van der Waals surface area contributed by atoms with E-state index >= 15 is 0 Å². The van der Waals surface area contributed by atoms with E-state index in [4.69, 9.17) is 5.11 Å². The third-order valence-electron chi connectivity index (χ3n) is 2.38. The summed E-state index contributed by atoms with van der Waals surface area (Å²) < 4.78 is 0. The smallest absolute Gasteiger partial charge is 0.316 e. The molecule has 0 aromatic heterocycles. The highest BCUT2D eigenvalue weighted by Gasteiger charge is 2.14. The van der Waals surface area contributed by atoms with Crippen LogP contribution in [0.25, 0.3) is 0 Å². The van der Waals surface area contributed by atoms with Gasteiger partial charge in [0.05, 0.1) is 0 Å². The standard InChI is InChI=1S/C11H22O2S/c1-3-4-5-6-7-8-9-10(14-2)11(12)13/h10H,3-9H2,1-2H3,(H,12,13)/t10-/m0/s1. The molecule has 0 unspecified atom stereocenters. The van der Waals surface area contributed by atoms with E-state index < -0.39 is 5.97 Å². The fourth-order valence-corrected chi connectivity index (χ4v) is 2.06. The molecule has 0 aromatic rings. The molecule has 1 atom stereocenters. The average molecular weight is 218 g/mol. The molecule has 2 nitrogen and oxygen atoms in total. The van der Waals surface area contributed by atoms with Crippen molar-refractivity contribution in [2.75, 3.05) is 6.26 Å². The van der Waals surface area contributed by atoms with Gasteiger partial charge in [-0.2, -0.15) is 11.8 Å². The van der Waals surface area contributed by atoms with Crippen molar-refractivity contribution in [1.29, 1.82) is 0 Å². The summed E-state index contributed by atoms with van der Waals surface area (Å²) >= 11 is 1.45. The van der Waals surface area contributed by atoms with Crippen LogP contribution in [-0.2, 0) is 4.79 Å². The maximum absolute atomic E-state index is 10.7. The molecule has 1 N–H and O–H groups in total. The van der Waals surface area contributed by atoms with Crippen LogP contribution in [0.15, 0.2) is 0 Å². The molecule has 0 bridgehead atoms. The molecular weight excluding hydrogens is 196 g/mol. The minimum atomic E-state index is -0.661. The van der Waals surface area contributed by atoms with E-state index in [1.54, 1.807) is 0 Å². The Labute approximate surface area is 91.5 Å². The van der Waals surface area contributed by atoms with Gasteiger partial charge in [0.15, 0.2) is 0 Å². The zero-order chi connectivity index (χ0) is 10.8. The maximum atomic E-state index is 10.7. The second-order valence-electron chi connectivity index (χ2n) is 3.62. The molecule has 0 saturated heterocycles. The van der Waals surface area contributed by atoms with Gasteiger partial charge in [-0.1, -0.05) is 45.4 Å². The SMILES string of the molecule is CCCCCCCC[C@H](SC)C(=O)O. The number of unbranched alkanes of at least 4 members (excludes halogenated alkanes) is 5. The van der Waals surface area contributed by atoms with Crippen LogP contribution in [0.4, 0.5) is 0 Å². The minimum absolute atomic E-state index is 0.193. The monoisotopic (exact) mass is 218 g/mol. The lowest BCUT2D eigenvalue weighted by Crippen LogP contribution is -2.15. The number of carboxylic acid groups (broad SMARTS) is 1. The van der Waals surface area contributed by atoms with E-state index in [2.05, 4.69) is 6.92 Å². The predicted octanol–water partition coefficient (Wildman–Crippen LogP) is 3.55. The van der Waals surface area contributed by atoms with E-state index in [9.17, 15) is 4.79 Å². The van der Waals surface area contributed by atoms with E-state index in [1.807, 2.05) is 6.26 Å². The molecule has 84 valence electrons. The Morgan fingerprint density at radius 1 is 1.21 bits per heavy atom. The lowest BCUT2D eigenvalue weighted by molar-refractivity contribution is -0.136. The van der Waals surface area contributed by atoms with Crippen molar-refractivity contribution in [3.05, 3.63) is 0 Å². The van der Waals surface area contributed by atoms with Crippen LogP contribution in [0.1, 0.15) is 51.9 Å². The molecule has 0 rings (SSSR count). The number of hydrogen-bond acceptors (Lipinski definition) is 2. The molecule has 0 aliphatic rings. The van der Waals surface area contributed by atoms with Crippen molar-refractivity contribution in [1.82, 2.24) is 0 Å². The van der Waals surface area contributed by atoms with Crippen molar-refractivity contribution in [2.24, 2.45) is 0 Å². The van der Waals surface area contributed by atoms with Gasteiger partial charge in [0.25, 0.3) is 0 Å². The van der Waals surface area contributed by atoms with Crippen molar-refractivity contribution in [2.45, 2.75) is 57.1 Å². The summed E-state index contributed by atoms with van der Waals surface area (Å²) in [6.45, 7) is 2.20. The van der Waals surface area contributed by atoms with Gasteiger partial charge in [0, 0.05) is 0 Å². The Balaban J connectivity index is 3.29. The number of carbonyl (C=O) groups is 1. The van der Waals surface area contributed by atoms with Gasteiger partial charge >= 0.3 is 5.97 Å². The lowest BCUT2D eigenvalue weighted by atomic mass is 10.1. The molecule has 0 aliphatic carbocycles. The normalized spacial score (nSPS) is 12.7. The summed E-state index contributed by atoms with van der Waals surface area (Å²) in [5, 5.41) is 8.60. The van der Waals surface area contributed by atoms with Crippen molar-refractivity contribution < 1.29 is 9.90 Å². The number of carboxylic acids is 1. The van der Waals surface area contributed by atoms with E-state index in [1.165, 1.54) is 43.9 Å². The molecule has 14 heavy (non-hydrogen) atoms. The average Bonchev–Trinajstić information content (AvgIpc) is 2.16. The van der Waals surface area contributed by atoms with Gasteiger partial charge in [-0.3, -0.25) is 4.79 Å². The topological polar surface area (TPSA) is 37.3 Å². The summed E-state index contributed by atoms with van der Waals surface area (Å²) in [7, 11) is 0. The number of rotatable bonds is 9. The van der Waals surface area contributed by atoms with Crippen LogP contribution in [-0.4, -0.2) is 22.6 Å². The highest BCUT2D eigenvalue weighted by atomic mass is 32.2. The van der Waals surface area contributed by atoms with Crippen molar-refractivity contribution >= 4 is 17.7 Å². The Hall–Kier alpha value is -0.180. The summed E-state index contributed by atoms with van der Waals surface area (Å²) in [4.78, 5) is 10.7. The minimum Gasteiger partial charge on any atom is -0.480 e. The van der Waals surface area contributed by atoms with Crippen LogP contribution >= 0.6 is 11.8 Å². The van der Waals surface area contributed by atoms with Gasteiger partial charge < -0.3 is 5.11 Å². The zero-order valence-electron chi connectivity index (χ0n) is 9.29. The Morgan fingerprint density at radius 3 is 2.29 bits per heavy atom. The second-order valence-corrected chi connectivity index (χ2v) is 4.66. The highest BCUT2D eigenvalue weighted by Crippen LogP contribution is 2.16. The molecule has 0 heterocycles. The van der Waals surface area contributed by atoms with E-state index in [0.717, 1.165) is 12.8 Å². The first-order valence-electron chi connectivity index (χ1n) is 5.48. The molecule has 0 aliphatic heterocycles. The third kappa shape index (κ3) is 7.25. The van der Waals surface area contributed by atoms with Gasteiger partial charge in [0.2, 0.25) is 0 Å². The predicted molar refractivity (Wildman–Crippen MR) is 62.9 cm³/mol. The maximum Gasteiger partial charge on any atom is 0.316 e. The Bertz CT molecular complexity index is 148. The van der Waals surface area contributed by atoms with Crippen LogP contribution in [0.5, 0.6) is 0 Å². The fraction of sp³-hybridized carbons (Fsp3) is 0.909. The molecule has 0 fully saturated rings. The van der Waals surface area contributed by atoms with E-state index in [0.29, 0.717) is 0 Å². The second kappa shape index (κ2) is 9.38. The number of hydrogen-bond donors (Lipinski definition) is 1. The number of aliphatic carboxylic acids is 1. The summed E-state index contributed by atoms with van der Waals surface area (Å²) in [6, 6.07) is 0. The van der Waals surface area contributed by atoms with Gasteiger partial charge in [0.1, 0.15) is 5.25 Å². The van der Waals surface area contributed by atoms with E-state index in [-0.39, 0.29) is 5.25 Å². The Kier molecular flexibility index (Phi) is 9.26. The molecule has 0 amide bonds. The van der Waals surface area contributed by atoms with Crippen molar-refractivity contribution in [3.63, 3.8) is 0 Å². The molecule has 0 radical (unpaired) electrons. The van der Waals surface area contributed by atoms with Gasteiger partial charge in [-0.05, 0) is 12.7 Å². The molecule has 0 spiro atoms. The third-order valence-corrected chi connectivity index (χ3v) is 3.39. The largest absolute Gasteiger partial charge is 0.480 e. The van der Waals surface area contributed by atoms with Gasteiger partial charge in [-0.15, -0.1) is 0 Å². The van der Waals surface area contributed by atoms with Crippen LogP contribution in [0.2, 0.25) is 0 Å². The molecule has 0 saturated carbocycles. The first kappa shape index (κ1) is 13.8. The number of thioether (sulfide) groups is 1. The highest BCUT2D eigenvalue weighted by molar-refractivity contribution is 7.99. The van der Waals surface area contributed by atoms with Crippen LogP contribution in [0, 0.1) is 0 Å². The molecule has 3 heteroatoms. The van der Waals surface area contributed by atoms with Crippen molar-refractivity contribution in [3.8, 4) is 0 Å². The van der Waals surface area contributed by atoms with Gasteiger partial charge in [-0.25, -0.2) is 0 Å². The summed E-state index contributed by atoms with van der Waals surface area (Å²) in [5.41, 5.74) is 0. The first-order valence-corrected chi connectivity index (χ1v) is 6.76. The van der Waals surface area contributed by atoms with Crippen LogP contribution < -0.4 is 0 Å². The quantitative estimate of drug-likeness (QED) is 0.601. The molecule has 0 aromatic carbocycles.